The minimum atomic E-state index is -0.956. The number of carboxylic acids is 1. The molecule has 2 heterocycles. The van der Waals surface area contributed by atoms with Gasteiger partial charge >= 0.3 is 12.0 Å². The van der Waals surface area contributed by atoms with Crippen molar-refractivity contribution in [2.24, 2.45) is 5.92 Å². The lowest BCUT2D eigenvalue weighted by atomic mass is 10.0. The van der Waals surface area contributed by atoms with Crippen molar-refractivity contribution in [3.05, 3.63) is 24.0 Å². The number of aliphatic carboxylic acids is 1. The number of hydrogen-bond donors (Lipinski definition) is 2. The third-order valence-electron chi connectivity index (χ3n) is 3.46. The number of nitrogens with zero attached hydrogens (tertiary/aromatic N) is 2. The second-order valence-corrected chi connectivity index (χ2v) is 4.81. The number of aromatic nitrogens is 1. The number of amides is 2. The molecule has 1 aromatic rings. The first-order chi connectivity index (χ1) is 9.00. The first-order valence-corrected chi connectivity index (χ1v) is 6.22. The summed E-state index contributed by atoms with van der Waals surface area (Å²) in [6.45, 7) is 4.10. The highest BCUT2D eigenvalue weighted by atomic mass is 16.4. The zero-order valence-corrected chi connectivity index (χ0v) is 11.0. The molecular formula is C13H17N3O3. The molecule has 1 saturated heterocycles. The average Bonchev–Trinajstić information content (AvgIpc) is 2.74. The number of aryl methyl sites for hydroxylation is 1. The molecule has 6 nitrogen and oxygen atoms in total. The van der Waals surface area contributed by atoms with Gasteiger partial charge in [-0.1, -0.05) is 6.92 Å². The summed E-state index contributed by atoms with van der Waals surface area (Å²) in [4.78, 5) is 28.8. The Hall–Kier alpha value is -2.11. The van der Waals surface area contributed by atoms with Crippen LogP contribution in [-0.4, -0.2) is 39.6 Å². The van der Waals surface area contributed by atoms with E-state index >= 15 is 0 Å². The van der Waals surface area contributed by atoms with Crippen molar-refractivity contribution in [1.82, 2.24) is 9.88 Å². The molecule has 1 fully saturated rings. The Morgan fingerprint density at radius 2 is 2.26 bits per heavy atom. The number of likely N-dealkylation sites (tertiary alicyclic amines) is 1. The summed E-state index contributed by atoms with van der Waals surface area (Å²) in [7, 11) is 0. The van der Waals surface area contributed by atoms with Gasteiger partial charge in [0, 0.05) is 12.7 Å². The highest BCUT2D eigenvalue weighted by Crippen LogP contribution is 2.25. The van der Waals surface area contributed by atoms with E-state index < -0.39 is 12.0 Å². The van der Waals surface area contributed by atoms with Crippen LogP contribution in [0, 0.1) is 12.8 Å². The molecule has 0 aromatic carbocycles. The quantitative estimate of drug-likeness (QED) is 0.851. The van der Waals surface area contributed by atoms with E-state index in [2.05, 4.69) is 10.3 Å². The van der Waals surface area contributed by atoms with Gasteiger partial charge in [0.15, 0.2) is 0 Å². The minimum Gasteiger partial charge on any atom is -0.480 e. The van der Waals surface area contributed by atoms with E-state index in [4.69, 9.17) is 0 Å². The fraction of sp³-hybridized carbons (Fsp3) is 0.462. The van der Waals surface area contributed by atoms with Crippen LogP contribution in [0.3, 0.4) is 0 Å². The van der Waals surface area contributed by atoms with Gasteiger partial charge in [0.25, 0.3) is 0 Å². The molecule has 1 aromatic heterocycles. The molecule has 2 atom stereocenters. The maximum absolute atomic E-state index is 12.2. The molecule has 2 rings (SSSR count). The molecule has 2 amide bonds. The predicted molar refractivity (Wildman–Crippen MR) is 69.9 cm³/mol. The Labute approximate surface area is 111 Å². The summed E-state index contributed by atoms with van der Waals surface area (Å²) in [5.41, 5.74) is 1.31. The molecular weight excluding hydrogens is 246 g/mol. The molecule has 2 N–H and O–H groups in total. The van der Waals surface area contributed by atoms with Crippen molar-refractivity contribution in [3.63, 3.8) is 0 Å². The van der Waals surface area contributed by atoms with E-state index in [0.717, 1.165) is 0 Å². The summed E-state index contributed by atoms with van der Waals surface area (Å²) < 4.78 is 0. The molecule has 102 valence electrons. The summed E-state index contributed by atoms with van der Waals surface area (Å²) in [5.74, 6) is -0.985. The molecule has 19 heavy (non-hydrogen) atoms. The van der Waals surface area contributed by atoms with Gasteiger partial charge in [0.2, 0.25) is 0 Å². The van der Waals surface area contributed by atoms with E-state index in [1.165, 1.54) is 4.90 Å². The van der Waals surface area contributed by atoms with Crippen LogP contribution in [0.25, 0.3) is 0 Å². The summed E-state index contributed by atoms with van der Waals surface area (Å²) in [6, 6.07) is 2.34. The van der Waals surface area contributed by atoms with E-state index in [1.54, 1.807) is 25.3 Å². The van der Waals surface area contributed by atoms with Crippen LogP contribution in [0.15, 0.2) is 18.3 Å². The Kier molecular flexibility index (Phi) is 3.69. The largest absolute Gasteiger partial charge is 0.480 e. The van der Waals surface area contributed by atoms with Gasteiger partial charge in [-0.2, -0.15) is 0 Å². The number of carbonyl (C=O) groups excluding carboxylic acids is 1. The lowest BCUT2D eigenvalue weighted by Gasteiger charge is -2.23. The second kappa shape index (κ2) is 5.26. The van der Waals surface area contributed by atoms with E-state index in [-0.39, 0.29) is 11.9 Å². The maximum Gasteiger partial charge on any atom is 0.326 e. The molecule has 0 bridgehead atoms. The van der Waals surface area contributed by atoms with Gasteiger partial charge < -0.3 is 15.3 Å². The van der Waals surface area contributed by atoms with Crippen LogP contribution in [-0.2, 0) is 4.79 Å². The summed E-state index contributed by atoms with van der Waals surface area (Å²) >= 11 is 0. The van der Waals surface area contributed by atoms with Crippen LogP contribution in [0.2, 0.25) is 0 Å². The molecule has 1 aliphatic rings. The molecule has 6 heteroatoms. The third-order valence-corrected chi connectivity index (χ3v) is 3.46. The van der Waals surface area contributed by atoms with Gasteiger partial charge in [0.1, 0.15) is 6.04 Å². The van der Waals surface area contributed by atoms with Crippen molar-refractivity contribution >= 4 is 17.7 Å². The fourth-order valence-corrected chi connectivity index (χ4v) is 2.35. The molecule has 0 radical (unpaired) electrons. The Balaban J connectivity index is 2.12. The number of pyridine rings is 1. The molecule has 0 saturated carbocycles. The Morgan fingerprint density at radius 1 is 1.53 bits per heavy atom. The van der Waals surface area contributed by atoms with Crippen molar-refractivity contribution in [3.8, 4) is 0 Å². The number of hydrogen-bond acceptors (Lipinski definition) is 3. The molecule has 1 aliphatic heterocycles. The van der Waals surface area contributed by atoms with Gasteiger partial charge in [-0.25, -0.2) is 9.59 Å². The maximum atomic E-state index is 12.2. The number of nitrogens with one attached hydrogen (secondary N) is 1. The smallest absolute Gasteiger partial charge is 0.326 e. The average molecular weight is 263 g/mol. The van der Waals surface area contributed by atoms with Gasteiger partial charge in [0.05, 0.1) is 11.4 Å². The number of urea groups is 1. The predicted octanol–water partition coefficient (Wildman–Crippen LogP) is 1.72. The summed E-state index contributed by atoms with van der Waals surface area (Å²) in [5, 5.41) is 11.9. The second-order valence-electron chi connectivity index (χ2n) is 4.81. The van der Waals surface area contributed by atoms with Crippen LogP contribution in [0.5, 0.6) is 0 Å². The zero-order chi connectivity index (χ0) is 14.0. The van der Waals surface area contributed by atoms with Crippen molar-refractivity contribution in [1.29, 1.82) is 0 Å². The SMILES string of the molecule is Cc1ncccc1NC(=O)N1CCC(C)C1C(=O)O. The van der Waals surface area contributed by atoms with Crippen LogP contribution < -0.4 is 5.32 Å². The van der Waals surface area contributed by atoms with Crippen molar-refractivity contribution < 1.29 is 14.7 Å². The highest BCUT2D eigenvalue weighted by Gasteiger charge is 2.39. The van der Waals surface area contributed by atoms with E-state index in [9.17, 15) is 14.7 Å². The molecule has 0 aliphatic carbocycles. The summed E-state index contributed by atoms with van der Waals surface area (Å²) in [6.07, 6.45) is 2.35. The number of rotatable bonds is 2. The normalized spacial score (nSPS) is 22.3. The zero-order valence-electron chi connectivity index (χ0n) is 11.0. The monoisotopic (exact) mass is 263 g/mol. The Morgan fingerprint density at radius 3 is 2.89 bits per heavy atom. The molecule has 2 unspecified atom stereocenters. The highest BCUT2D eigenvalue weighted by molar-refractivity contribution is 5.93. The Bertz CT molecular complexity index is 504. The van der Waals surface area contributed by atoms with Crippen molar-refractivity contribution in [2.45, 2.75) is 26.3 Å². The van der Waals surface area contributed by atoms with Gasteiger partial charge in [-0.15, -0.1) is 0 Å². The first-order valence-electron chi connectivity index (χ1n) is 6.22. The van der Waals surface area contributed by atoms with E-state index in [1.807, 2.05) is 6.92 Å². The van der Waals surface area contributed by atoms with Gasteiger partial charge in [-0.3, -0.25) is 4.98 Å². The third kappa shape index (κ3) is 2.67. The van der Waals surface area contributed by atoms with Crippen LogP contribution >= 0.6 is 0 Å². The number of anilines is 1. The topological polar surface area (TPSA) is 82.5 Å². The first kappa shape index (κ1) is 13.3. The lowest BCUT2D eigenvalue weighted by molar-refractivity contribution is -0.142. The standard InChI is InChI=1S/C13H17N3O3/c1-8-5-7-16(11(8)12(17)18)13(19)15-10-4-3-6-14-9(10)2/h3-4,6,8,11H,5,7H2,1-2H3,(H,15,19)(H,17,18). The molecule has 0 spiro atoms. The fourth-order valence-electron chi connectivity index (χ4n) is 2.35. The van der Waals surface area contributed by atoms with Crippen LogP contribution in [0.4, 0.5) is 10.5 Å². The van der Waals surface area contributed by atoms with E-state index in [0.29, 0.717) is 24.3 Å². The van der Waals surface area contributed by atoms with Crippen LogP contribution in [0.1, 0.15) is 19.0 Å². The van der Waals surface area contributed by atoms with Gasteiger partial charge in [-0.05, 0) is 31.4 Å². The number of carboxylic acid groups (broad SMARTS) is 1. The lowest BCUT2D eigenvalue weighted by Crippen LogP contribution is -2.44. The van der Waals surface area contributed by atoms with Crippen molar-refractivity contribution in [2.75, 3.05) is 11.9 Å². The number of carbonyl (C=O) groups is 2. The minimum absolute atomic E-state index is 0.0294.